The van der Waals surface area contributed by atoms with Gasteiger partial charge in [0.2, 0.25) is 0 Å². The quantitative estimate of drug-likeness (QED) is 0.637. The first-order valence-corrected chi connectivity index (χ1v) is 14.9. The van der Waals surface area contributed by atoms with Gasteiger partial charge in [-0.3, -0.25) is 4.90 Å². The van der Waals surface area contributed by atoms with Crippen LogP contribution < -0.4 is 5.32 Å². The van der Waals surface area contributed by atoms with Gasteiger partial charge in [0.1, 0.15) is 4.21 Å². The molecule has 0 radical (unpaired) electrons. The van der Waals surface area contributed by atoms with Crippen molar-refractivity contribution in [3.63, 3.8) is 0 Å². The summed E-state index contributed by atoms with van der Waals surface area (Å²) >= 11 is 8.56. The van der Waals surface area contributed by atoms with E-state index in [-0.39, 0.29) is 21.8 Å². The number of sulfone groups is 2. The summed E-state index contributed by atoms with van der Waals surface area (Å²) in [6.07, 6.45) is 2.30. The Morgan fingerprint density at radius 3 is 2.59 bits per heavy atom. The second kappa shape index (κ2) is 8.57. The molecule has 0 saturated carbocycles. The van der Waals surface area contributed by atoms with Gasteiger partial charge >= 0.3 is 0 Å². The van der Waals surface area contributed by atoms with E-state index in [1.54, 1.807) is 11.3 Å². The minimum absolute atomic E-state index is 0.125. The highest BCUT2D eigenvalue weighted by molar-refractivity contribution is 7.97. The van der Waals surface area contributed by atoms with E-state index in [1.807, 2.05) is 11.4 Å². The van der Waals surface area contributed by atoms with Gasteiger partial charge in [0.25, 0.3) is 0 Å². The Labute approximate surface area is 184 Å². The molecule has 0 aliphatic carbocycles. The fourth-order valence-corrected chi connectivity index (χ4v) is 11.4. The van der Waals surface area contributed by atoms with E-state index >= 15 is 0 Å². The van der Waals surface area contributed by atoms with Crippen LogP contribution in [0.15, 0.2) is 33.9 Å². The molecular weight excluding hydrogens is 472 g/mol. The summed E-state index contributed by atoms with van der Waals surface area (Å²) < 4.78 is 51.4. The van der Waals surface area contributed by atoms with Crippen molar-refractivity contribution in [2.24, 2.45) is 0 Å². The lowest BCUT2D eigenvalue weighted by Gasteiger charge is -2.29. The third-order valence-electron chi connectivity index (χ3n) is 5.55. The predicted molar refractivity (Wildman–Crippen MR) is 119 cm³/mol. The van der Waals surface area contributed by atoms with Crippen molar-refractivity contribution in [1.82, 2.24) is 10.2 Å². The van der Waals surface area contributed by atoms with Crippen LogP contribution in [0.5, 0.6) is 0 Å². The molecule has 3 atom stereocenters. The number of thiophene rings is 2. The van der Waals surface area contributed by atoms with E-state index in [2.05, 4.69) is 16.3 Å². The van der Waals surface area contributed by atoms with Crippen LogP contribution in [0.25, 0.3) is 0 Å². The third-order valence-corrected chi connectivity index (χ3v) is 12.4. The van der Waals surface area contributed by atoms with Crippen LogP contribution in [0.3, 0.4) is 0 Å². The molecule has 0 amide bonds. The van der Waals surface area contributed by atoms with E-state index in [9.17, 15) is 16.8 Å². The second-order valence-corrected chi connectivity index (χ2v) is 14.7. The van der Waals surface area contributed by atoms with Crippen molar-refractivity contribution in [2.75, 3.05) is 31.1 Å². The normalized spacial score (nSPS) is 26.1. The second-order valence-electron chi connectivity index (χ2n) is 7.51. The lowest BCUT2D eigenvalue weighted by atomic mass is 10.2. The van der Waals surface area contributed by atoms with Gasteiger partial charge in [0.15, 0.2) is 19.7 Å². The van der Waals surface area contributed by atoms with Crippen molar-refractivity contribution in [3.8, 4) is 0 Å². The molecule has 6 nitrogen and oxygen atoms in total. The zero-order valence-corrected chi connectivity index (χ0v) is 19.7. The fraction of sp³-hybridized carbons (Fsp3) is 0.556. The van der Waals surface area contributed by atoms with E-state index in [0.29, 0.717) is 10.9 Å². The highest BCUT2D eigenvalue weighted by Crippen LogP contribution is 2.33. The van der Waals surface area contributed by atoms with Gasteiger partial charge in [-0.25, -0.2) is 16.8 Å². The molecule has 2 aliphatic heterocycles. The molecule has 0 bridgehead atoms. The van der Waals surface area contributed by atoms with E-state index in [1.165, 1.54) is 17.0 Å². The van der Waals surface area contributed by atoms with Crippen LogP contribution >= 0.6 is 34.3 Å². The largest absolute Gasteiger partial charge is 0.310 e. The molecule has 2 fully saturated rings. The number of hydrogen-bond donors (Lipinski definition) is 1. The molecule has 2 aromatic rings. The molecule has 1 N–H and O–H groups in total. The van der Waals surface area contributed by atoms with Crippen molar-refractivity contribution in [3.05, 3.63) is 38.9 Å². The Balaban J connectivity index is 1.55. The summed E-state index contributed by atoms with van der Waals surface area (Å²) in [5, 5.41) is 4.35. The van der Waals surface area contributed by atoms with Crippen LogP contribution in [-0.4, -0.2) is 64.2 Å². The highest BCUT2D eigenvalue weighted by Gasteiger charge is 2.46. The van der Waals surface area contributed by atoms with E-state index in [0.717, 1.165) is 37.3 Å². The molecule has 29 heavy (non-hydrogen) atoms. The maximum atomic E-state index is 13.1. The lowest BCUT2D eigenvalue weighted by Crippen LogP contribution is -2.46. The summed E-state index contributed by atoms with van der Waals surface area (Å²) in [5.74, 6) is -0.511. The van der Waals surface area contributed by atoms with Gasteiger partial charge in [-0.15, -0.1) is 22.7 Å². The maximum absolute atomic E-state index is 13.1. The number of halogens is 1. The number of nitrogens with zero attached hydrogens (tertiary/aromatic N) is 1. The third kappa shape index (κ3) is 4.73. The Morgan fingerprint density at radius 1 is 1.21 bits per heavy atom. The van der Waals surface area contributed by atoms with Gasteiger partial charge in [-0.1, -0.05) is 17.7 Å². The first kappa shape index (κ1) is 21.7. The van der Waals surface area contributed by atoms with Crippen LogP contribution in [0.1, 0.15) is 23.8 Å². The first-order chi connectivity index (χ1) is 13.8. The van der Waals surface area contributed by atoms with E-state index in [4.69, 9.17) is 11.6 Å². The lowest BCUT2D eigenvalue weighted by molar-refractivity contribution is 0.237. The summed E-state index contributed by atoms with van der Waals surface area (Å²) in [6, 6.07) is 6.59. The van der Waals surface area contributed by atoms with E-state index < -0.39 is 31.0 Å². The standard InChI is InChI=1S/C18H23ClN2O4S4/c19-17-5-6-18(27-17)29(24,25)16-12-28(22,23)11-13(16)20-10-14(15-4-3-9-26-15)21-7-1-2-8-21/h3-6,9,13-14,16,20H,1-2,7-8,10-12H2/t13-,14?,16-/m0/s1. The van der Waals surface area contributed by atoms with Gasteiger partial charge < -0.3 is 5.32 Å². The van der Waals surface area contributed by atoms with Crippen molar-refractivity contribution >= 4 is 53.9 Å². The summed E-state index contributed by atoms with van der Waals surface area (Å²) in [4.78, 5) is 3.61. The molecule has 4 heterocycles. The topological polar surface area (TPSA) is 83.6 Å². The minimum Gasteiger partial charge on any atom is -0.310 e. The van der Waals surface area contributed by atoms with Crippen LogP contribution in [0.4, 0.5) is 0 Å². The number of likely N-dealkylation sites (tertiary alicyclic amines) is 1. The van der Waals surface area contributed by atoms with Gasteiger partial charge in [0.05, 0.1) is 27.1 Å². The van der Waals surface area contributed by atoms with Gasteiger partial charge in [-0.05, 0) is 49.5 Å². The molecule has 0 spiro atoms. The Morgan fingerprint density at radius 2 is 1.97 bits per heavy atom. The van der Waals surface area contributed by atoms with Crippen molar-refractivity contribution in [1.29, 1.82) is 0 Å². The molecule has 4 rings (SSSR count). The monoisotopic (exact) mass is 494 g/mol. The van der Waals surface area contributed by atoms with Gasteiger partial charge in [0, 0.05) is 17.5 Å². The first-order valence-electron chi connectivity index (χ1n) is 9.47. The number of rotatable bonds is 7. The zero-order chi connectivity index (χ0) is 20.6. The minimum atomic E-state index is -3.78. The molecule has 2 aliphatic rings. The zero-order valence-electron chi connectivity index (χ0n) is 15.7. The average molecular weight is 495 g/mol. The average Bonchev–Trinajstić information content (AvgIpc) is 3.42. The summed E-state index contributed by atoms with van der Waals surface area (Å²) in [6.45, 7) is 2.53. The Kier molecular flexibility index (Phi) is 6.42. The molecule has 11 heteroatoms. The van der Waals surface area contributed by atoms with Crippen LogP contribution in [0, 0.1) is 0 Å². The van der Waals surface area contributed by atoms with Crippen LogP contribution in [-0.2, 0) is 19.7 Å². The summed E-state index contributed by atoms with van der Waals surface area (Å²) in [5.41, 5.74) is 0. The van der Waals surface area contributed by atoms with Crippen molar-refractivity contribution < 1.29 is 16.8 Å². The maximum Gasteiger partial charge on any atom is 0.193 e. The molecule has 2 saturated heterocycles. The highest BCUT2D eigenvalue weighted by atomic mass is 35.5. The molecule has 1 unspecified atom stereocenters. The number of nitrogens with one attached hydrogen (secondary N) is 1. The number of hydrogen-bond acceptors (Lipinski definition) is 8. The van der Waals surface area contributed by atoms with Crippen LogP contribution in [0.2, 0.25) is 4.34 Å². The molecule has 160 valence electrons. The Bertz CT molecular complexity index is 1040. The Hall–Kier alpha value is -0.490. The predicted octanol–water partition coefficient (Wildman–Crippen LogP) is 2.83. The molecule has 0 aromatic carbocycles. The molecule has 2 aromatic heterocycles. The smallest absolute Gasteiger partial charge is 0.193 e. The molecular formula is C18H23ClN2O4S4. The SMILES string of the molecule is O=S1(=O)C[C@H](NCC(c2cccs2)N2CCCC2)[C@@H](S(=O)(=O)c2ccc(Cl)s2)C1. The summed E-state index contributed by atoms with van der Waals surface area (Å²) in [7, 11) is -7.21. The fourth-order valence-electron chi connectivity index (χ4n) is 4.12. The van der Waals surface area contributed by atoms with Crippen molar-refractivity contribution in [2.45, 2.75) is 34.4 Å². The van der Waals surface area contributed by atoms with Gasteiger partial charge in [-0.2, -0.15) is 0 Å².